The Hall–Kier alpha value is -1.58. The van der Waals surface area contributed by atoms with Crippen LogP contribution in [0.2, 0.25) is 0 Å². The Morgan fingerprint density at radius 1 is 1.10 bits per heavy atom. The smallest absolute Gasteiger partial charge is 0.0950 e. The molecule has 1 saturated heterocycles. The fourth-order valence-electron chi connectivity index (χ4n) is 3.45. The minimum Gasteiger partial charge on any atom is -0.472 e. The molecule has 0 spiro atoms. The van der Waals surface area contributed by atoms with E-state index < -0.39 is 0 Å². The second kappa shape index (κ2) is 5.81. The lowest BCUT2D eigenvalue weighted by atomic mass is 9.67. The van der Waals surface area contributed by atoms with Crippen molar-refractivity contribution < 1.29 is 9.15 Å². The Labute approximate surface area is 119 Å². The number of hydrogen-bond donors (Lipinski definition) is 1. The summed E-state index contributed by atoms with van der Waals surface area (Å²) in [5, 5.41) is 3.50. The van der Waals surface area contributed by atoms with E-state index >= 15 is 0 Å². The standard InChI is InChI=1S/C17H21NO2/c1-18-16(14-7-10-20-13-14)17(8-11-19-12-9-17)15-5-3-2-4-6-15/h2-7,10,13,16,18H,8-9,11-12H2,1H3. The summed E-state index contributed by atoms with van der Waals surface area (Å²) in [6, 6.07) is 13.1. The van der Waals surface area contributed by atoms with E-state index in [-0.39, 0.29) is 11.5 Å². The van der Waals surface area contributed by atoms with Crippen molar-refractivity contribution in [3.05, 3.63) is 60.1 Å². The molecule has 2 aromatic rings. The summed E-state index contributed by atoms with van der Waals surface area (Å²) in [6.07, 6.45) is 5.64. The average molecular weight is 271 g/mol. The van der Waals surface area contributed by atoms with Gasteiger partial charge in [0.1, 0.15) is 0 Å². The third kappa shape index (κ3) is 2.28. The molecule has 0 aliphatic carbocycles. The van der Waals surface area contributed by atoms with Crippen LogP contribution in [0.15, 0.2) is 53.3 Å². The van der Waals surface area contributed by atoms with E-state index in [9.17, 15) is 0 Å². The zero-order chi connectivity index (χ0) is 13.8. The fraction of sp³-hybridized carbons (Fsp3) is 0.412. The van der Waals surface area contributed by atoms with Crippen molar-refractivity contribution in [3.8, 4) is 0 Å². The molecular weight excluding hydrogens is 250 g/mol. The van der Waals surface area contributed by atoms with Crippen LogP contribution >= 0.6 is 0 Å². The highest BCUT2D eigenvalue weighted by atomic mass is 16.5. The predicted molar refractivity (Wildman–Crippen MR) is 78.7 cm³/mol. The number of hydrogen-bond acceptors (Lipinski definition) is 3. The topological polar surface area (TPSA) is 34.4 Å². The lowest BCUT2D eigenvalue weighted by molar-refractivity contribution is 0.0351. The molecule has 3 rings (SSSR count). The molecule has 3 heteroatoms. The predicted octanol–water partition coefficient (Wildman–Crippen LogP) is 3.29. The van der Waals surface area contributed by atoms with Crippen LogP contribution in [-0.2, 0) is 10.2 Å². The molecule has 1 aliphatic heterocycles. The largest absolute Gasteiger partial charge is 0.472 e. The maximum absolute atomic E-state index is 5.61. The van der Waals surface area contributed by atoms with Gasteiger partial charge >= 0.3 is 0 Å². The number of likely N-dealkylation sites (N-methyl/N-ethyl adjacent to an activating group) is 1. The van der Waals surface area contributed by atoms with Gasteiger partial charge in [-0.25, -0.2) is 0 Å². The molecule has 1 unspecified atom stereocenters. The molecule has 3 nitrogen and oxygen atoms in total. The molecular formula is C17H21NO2. The van der Waals surface area contributed by atoms with Crippen LogP contribution in [0, 0.1) is 0 Å². The van der Waals surface area contributed by atoms with E-state index in [1.165, 1.54) is 11.1 Å². The highest BCUT2D eigenvalue weighted by molar-refractivity contribution is 5.32. The van der Waals surface area contributed by atoms with Gasteiger partial charge in [-0.05, 0) is 31.5 Å². The van der Waals surface area contributed by atoms with Crippen molar-refractivity contribution in [2.45, 2.75) is 24.3 Å². The first-order chi connectivity index (χ1) is 9.87. The molecule has 1 atom stereocenters. The van der Waals surface area contributed by atoms with E-state index in [0.29, 0.717) is 0 Å². The summed E-state index contributed by atoms with van der Waals surface area (Å²) in [6.45, 7) is 1.62. The summed E-state index contributed by atoms with van der Waals surface area (Å²) in [4.78, 5) is 0. The third-order valence-electron chi connectivity index (χ3n) is 4.45. The first-order valence-corrected chi connectivity index (χ1v) is 7.19. The van der Waals surface area contributed by atoms with Crippen LogP contribution < -0.4 is 5.32 Å². The minimum absolute atomic E-state index is 0.0676. The summed E-state index contributed by atoms with van der Waals surface area (Å²) in [5.41, 5.74) is 2.65. The SMILES string of the molecule is CNC(c1ccoc1)C1(c2ccccc2)CCOCC1. The Morgan fingerprint density at radius 2 is 1.85 bits per heavy atom. The normalized spacial score (nSPS) is 19.6. The molecule has 106 valence electrons. The molecule has 1 N–H and O–H groups in total. The van der Waals surface area contributed by atoms with Crippen LogP contribution in [0.1, 0.15) is 30.0 Å². The van der Waals surface area contributed by atoms with E-state index in [1.54, 1.807) is 6.26 Å². The van der Waals surface area contributed by atoms with Crippen LogP contribution in [0.25, 0.3) is 0 Å². The Morgan fingerprint density at radius 3 is 2.45 bits per heavy atom. The van der Waals surface area contributed by atoms with E-state index in [1.807, 2.05) is 13.3 Å². The summed E-state index contributed by atoms with van der Waals surface area (Å²) in [5.74, 6) is 0. The summed E-state index contributed by atoms with van der Waals surface area (Å²) >= 11 is 0. The molecule has 2 heterocycles. The average Bonchev–Trinajstić information content (AvgIpc) is 3.04. The van der Waals surface area contributed by atoms with Gasteiger partial charge in [0.25, 0.3) is 0 Å². The minimum atomic E-state index is 0.0676. The highest BCUT2D eigenvalue weighted by Gasteiger charge is 2.42. The van der Waals surface area contributed by atoms with Crippen molar-refractivity contribution in [1.82, 2.24) is 5.32 Å². The van der Waals surface area contributed by atoms with Gasteiger partial charge in [0, 0.05) is 30.2 Å². The zero-order valence-electron chi connectivity index (χ0n) is 11.8. The molecule has 1 aliphatic rings. The zero-order valence-corrected chi connectivity index (χ0v) is 11.8. The Balaban J connectivity index is 2.05. The van der Waals surface area contributed by atoms with Gasteiger partial charge in [0.05, 0.1) is 12.5 Å². The Kier molecular flexibility index (Phi) is 3.90. The van der Waals surface area contributed by atoms with Crippen molar-refractivity contribution >= 4 is 0 Å². The van der Waals surface area contributed by atoms with Gasteiger partial charge in [-0.15, -0.1) is 0 Å². The second-order valence-corrected chi connectivity index (χ2v) is 5.41. The molecule has 0 bridgehead atoms. The van der Waals surface area contributed by atoms with Crippen molar-refractivity contribution in [3.63, 3.8) is 0 Å². The molecule has 0 amide bonds. The number of nitrogens with one attached hydrogen (secondary N) is 1. The molecule has 0 radical (unpaired) electrons. The highest BCUT2D eigenvalue weighted by Crippen LogP contribution is 2.45. The van der Waals surface area contributed by atoms with Gasteiger partial charge in [-0.2, -0.15) is 0 Å². The summed E-state index contributed by atoms with van der Waals surface area (Å²) in [7, 11) is 2.03. The molecule has 1 aromatic heterocycles. The monoisotopic (exact) mass is 271 g/mol. The molecule has 1 fully saturated rings. The lowest BCUT2D eigenvalue weighted by Crippen LogP contribution is -2.44. The van der Waals surface area contributed by atoms with E-state index in [4.69, 9.17) is 9.15 Å². The van der Waals surface area contributed by atoms with Gasteiger partial charge < -0.3 is 14.5 Å². The number of ether oxygens (including phenoxy) is 1. The van der Waals surface area contributed by atoms with Crippen molar-refractivity contribution in [2.75, 3.05) is 20.3 Å². The first-order valence-electron chi connectivity index (χ1n) is 7.19. The molecule has 0 saturated carbocycles. The summed E-state index contributed by atoms with van der Waals surface area (Å²) < 4.78 is 10.9. The molecule has 1 aromatic carbocycles. The van der Waals surface area contributed by atoms with E-state index in [2.05, 4.69) is 41.7 Å². The second-order valence-electron chi connectivity index (χ2n) is 5.41. The maximum atomic E-state index is 5.61. The number of rotatable bonds is 4. The van der Waals surface area contributed by atoms with E-state index in [0.717, 1.165) is 26.1 Å². The van der Waals surface area contributed by atoms with Crippen LogP contribution in [0.3, 0.4) is 0 Å². The van der Waals surface area contributed by atoms with Gasteiger partial charge in [-0.3, -0.25) is 0 Å². The van der Waals surface area contributed by atoms with Gasteiger partial charge in [0.15, 0.2) is 0 Å². The van der Waals surface area contributed by atoms with Crippen LogP contribution in [0.5, 0.6) is 0 Å². The van der Waals surface area contributed by atoms with Gasteiger partial charge in [0.2, 0.25) is 0 Å². The number of benzene rings is 1. The maximum Gasteiger partial charge on any atom is 0.0950 e. The van der Waals surface area contributed by atoms with Crippen molar-refractivity contribution in [1.29, 1.82) is 0 Å². The number of furan rings is 1. The van der Waals surface area contributed by atoms with Crippen LogP contribution in [0.4, 0.5) is 0 Å². The quantitative estimate of drug-likeness (QED) is 0.926. The Bertz CT molecular complexity index is 515. The lowest BCUT2D eigenvalue weighted by Gasteiger charge is -2.43. The fourth-order valence-corrected chi connectivity index (χ4v) is 3.45. The van der Waals surface area contributed by atoms with Gasteiger partial charge in [-0.1, -0.05) is 30.3 Å². The van der Waals surface area contributed by atoms with Crippen LogP contribution in [-0.4, -0.2) is 20.3 Å². The molecule has 20 heavy (non-hydrogen) atoms. The van der Waals surface area contributed by atoms with Crippen molar-refractivity contribution in [2.24, 2.45) is 0 Å². The third-order valence-corrected chi connectivity index (χ3v) is 4.45. The first kappa shape index (κ1) is 13.4.